The topological polar surface area (TPSA) is 21.3 Å². The second kappa shape index (κ2) is 6.88. The Morgan fingerprint density at radius 1 is 1.47 bits per heavy atom. The Morgan fingerprint density at radius 3 is 2.65 bits per heavy atom. The summed E-state index contributed by atoms with van der Waals surface area (Å²) < 4.78 is 6.71. The first-order valence-electron chi connectivity index (χ1n) is 5.99. The number of halogens is 1. The van der Waals surface area contributed by atoms with Crippen LogP contribution in [0.1, 0.15) is 32.1 Å². The highest BCUT2D eigenvalue weighted by molar-refractivity contribution is 9.11. The van der Waals surface area contributed by atoms with Gasteiger partial charge in [0.25, 0.3) is 0 Å². The Balaban J connectivity index is 2.60. The van der Waals surface area contributed by atoms with Crippen LogP contribution in [-0.2, 0) is 11.2 Å². The maximum atomic E-state index is 5.51. The van der Waals surface area contributed by atoms with Gasteiger partial charge in [0.15, 0.2) is 0 Å². The SMILES string of the molecule is CCNC(Cc1ccc(Br)s1)CC(C)(C)OC. The van der Waals surface area contributed by atoms with Gasteiger partial charge in [-0.05, 0) is 61.3 Å². The lowest BCUT2D eigenvalue weighted by Gasteiger charge is -2.28. The van der Waals surface area contributed by atoms with Crippen molar-refractivity contribution in [2.45, 2.75) is 45.3 Å². The highest BCUT2D eigenvalue weighted by Gasteiger charge is 2.22. The van der Waals surface area contributed by atoms with Crippen LogP contribution < -0.4 is 5.32 Å². The maximum Gasteiger partial charge on any atom is 0.0701 e. The predicted molar refractivity (Wildman–Crippen MR) is 78.9 cm³/mol. The fraction of sp³-hybridized carbons (Fsp3) is 0.692. The molecule has 17 heavy (non-hydrogen) atoms. The van der Waals surface area contributed by atoms with Gasteiger partial charge in [0.2, 0.25) is 0 Å². The number of ether oxygens (including phenoxy) is 1. The van der Waals surface area contributed by atoms with Crippen LogP contribution in [0, 0.1) is 0 Å². The lowest BCUT2D eigenvalue weighted by Crippen LogP contribution is -2.38. The molecule has 98 valence electrons. The van der Waals surface area contributed by atoms with Gasteiger partial charge in [-0.15, -0.1) is 11.3 Å². The minimum atomic E-state index is -0.0681. The third-order valence-electron chi connectivity index (χ3n) is 2.86. The van der Waals surface area contributed by atoms with E-state index in [2.05, 4.69) is 54.2 Å². The first kappa shape index (κ1) is 15.2. The summed E-state index contributed by atoms with van der Waals surface area (Å²) in [5.41, 5.74) is -0.0681. The molecule has 0 spiro atoms. The van der Waals surface area contributed by atoms with Gasteiger partial charge in [-0.3, -0.25) is 0 Å². The van der Waals surface area contributed by atoms with E-state index >= 15 is 0 Å². The zero-order valence-corrected chi connectivity index (χ0v) is 13.5. The van der Waals surface area contributed by atoms with Crippen LogP contribution in [0.5, 0.6) is 0 Å². The van der Waals surface area contributed by atoms with Gasteiger partial charge in [-0.2, -0.15) is 0 Å². The minimum absolute atomic E-state index is 0.0681. The Bertz CT molecular complexity index is 338. The van der Waals surface area contributed by atoms with E-state index in [4.69, 9.17) is 4.74 Å². The van der Waals surface area contributed by atoms with Gasteiger partial charge in [0.05, 0.1) is 9.39 Å². The number of methoxy groups -OCH3 is 1. The Kier molecular flexibility index (Phi) is 6.13. The van der Waals surface area contributed by atoms with E-state index in [0.717, 1.165) is 19.4 Å². The molecule has 1 atom stereocenters. The molecule has 1 aromatic heterocycles. The van der Waals surface area contributed by atoms with Crippen molar-refractivity contribution in [2.24, 2.45) is 0 Å². The standard InChI is InChI=1S/C13H22BrNOS/c1-5-15-10(9-13(2,3)16-4)8-11-6-7-12(14)17-11/h6-7,10,15H,5,8-9H2,1-4H3. The smallest absolute Gasteiger partial charge is 0.0701 e. The molecule has 0 aromatic carbocycles. The molecule has 1 heterocycles. The summed E-state index contributed by atoms with van der Waals surface area (Å²) in [6.07, 6.45) is 2.09. The quantitative estimate of drug-likeness (QED) is 0.824. The monoisotopic (exact) mass is 319 g/mol. The van der Waals surface area contributed by atoms with Gasteiger partial charge in [0.1, 0.15) is 0 Å². The molecule has 0 amide bonds. The Morgan fingerprint density at radius 2 is 2.18 bits per heavy atom. The molecular formula is C13H22BrNOS. The van der Waals surface area contributed by atoms with Crippen molar-refractivity contribution >= 4 is 27.3 Å². The molecule has 0 aliphatic rings. The van der Waals surface area contributed by atoms with E-state index in [1.807, 2.05) is 11.3 Å². The first-order chi connectivity index (χ1) is 7.96. The van der Waals surface area contributed by atoms with Crippen LogP contribution in [0.15, 0.2) is 15.9 Å². The molecule has 0 fully saturated rings. The maximum absolute atomic E-state index is 5.51. The van der Waals surface area contributed by atoms with Gasteiger partial charge >= 0.3 is 0 Å². The van der Waals surface area contributed by atoms with E-state index in [9.17, 15) is 0 Å². The Labute approximate surface area is 117 Å². The molecular weight excluding hydrogens is 298 g/mol. The van der Waals surface area contributed by atoms with Crippen LogP contribution in [0.4, 0.5) is 0 Å². The predicted octanol–water partition coefficient (Wildman–Crippen LogP) is 3.85. The summed E-state index contributed by atoms with van der Waals surface area (Å²) in [5.74, 6) is 0. The van der Waals surface area contributed by atoms with Crippen molar-refractivity contribution in [1.29, 1.82) is 0 Å². The molecule has 2 nitrogen and oxygen atoms in total. The second-order valence-corrected chi connectivity index (χ2v) is 7.38. The second-order valence-electron chi connectivity index (χ2n) is 4.83. The minimum Gasteiger partial charge on any atom is -0.379 e. The molecule has 0 aliphatic carbocycles. The highest BCUT2D eigenvalue weighted by Crippen LogP contribution is 2.25. The fourth-order valence-corrected chi connectivity index (χ4v) is 3.45. The van der Waals surface area contributed by atoms with E-state index in [-0.39, 0.29) is 5.60 Å². The van der Waals surface area contributed by atoms with Crippen LogP contribution in [-0.4, -0.2) is 25.3 Å². The molecule has 4 heteroatoms. The van der Waals surface area contributed by atoms with E-state index < -0.39 is 0 Å². The fourth-order valence-electron chi connectivity index (χ4n) is 1.89. The summed E-state index contributed by atoms with van der Waals surface area (Å²) in [5, 5.41) is 3.54. The third-order valence-corrected chi connectivity index (χ3v) is 4.51. The number of hydrogen-bond acceptors (Lipinski definition) is 3. The van der Waals surface area contributed by atoms with Crippen molar-refractivity contribution in [1.82, 2.24) is 5.32 Å². The van der Waals surface area contributed by atoms with Crippen LogP contribution >= 0.6 is 27.3 Å². The lowest BCUT2D eigenvalue weighted by molar-refractivity contribution is 0.00732. The normalized spacial score (nSPS) is 13.9. The molecule has 0 aliphatic heterocycles. The van der Waals surface area contributed by atoms with E-state index in [0.29, 0.717) is 6.04 Å². The zero-order chi connectivity index (χ0) is 12.9. The number of nitrogens with one attached hydrogen (secondary N) is 1. The van der Waals surface area contributed by atoms with Crippen molar-refractivity contribution in [3.63, 3.8) is 0 Å². The van der Waals surface area contributed by atoms with E-state index in [1.165, 1.54) is 8.66 Å². The molecule has 1 N–H and O–H groups in total. The molecule has 1 aromatic rings. The van der Waals surface area contributed by atoms with Crippen LogP contribution in [0.2, 0.25) is 0 Å². The summed E-state index contributed by atoms with van der Waals surface area (Å²) in [6.45, 7) is 7.43. The van der Waals surface area contributed by atoms with Gasteiger partial charge in [0, 0.05) is 18.0 Å². The Hall–Kier alpha value is 0.1000. The lowest BCUT2D eigenvalue weighted by atomic mass is 9.96. The average molecular weight is 320 g/mol. The molecule has 1 rings (SSSR count). The van der Waals surface area contributed by atoms with Crippen molar-refractivity contribution in [3.8, 4) is 0 Å². The summed E-state index contributed by atoms with van der Waals surface area (Å²) in [4.78, 5) is 1.41. The first-order valence-corrected chi connectivity index (χ1v) is 7.60. The van der Waals surface area contributed by atoms with Crippen molar-refractivity contribution in [3.05, 3.63) is 20.8 Å². The zero-order valence-electron chi connectivity index (χ0n) is 11.0. The summed E-state index contributed by atoms with van der Waals surface area (Å²) in [6, 6.07) is 4.78. The molecule has 0 saturated heterocycles. The molecule has 0 saturated carbocycles. The summed E-state index contributed by atoms with van der Waals surface area (Å²) >= 11 is 5.32. The van der Waals surface area contributed by atoms with E-state index in [1.54, 1.807) is 7.11 Å². The van der Waals surface area contributed by atoms with Gasteiger partial charge < -0.3 is 10.1 Å². The van der Waals surface area contributed by atoms with Gasteiger partial charge in [-0.1, -0.05) is 6.92 Å². The number of likely N-dealkylation sites (N-methyl/N-ethyl adjacent to an activating group) is 1. The molecule has 0 radical (unpaired) electrons. The van der Waals surface area contributed by atoms with Gasteiger partial charge in [-0.25, -0.2) is 0 Å². The number of hydrogen-bond donors (Lipinski definition) is 1. The average Bonchev–Trinajstić information content (AvgIpc) is 2.64. The van der Waals surface area contributed by atoms with Crippen LogP contribution in [0.3, 0.4) is 0 Å². The number of thiophene rings is 1. The molecule has 1 unspecified atom stereocenters. The van der Waals surface area contributed by atoms with Crippen molar-refractivity contribution in [2.75, 3.05) is 13.7 Å². The third kappa shape index (κ3) is 5.51. The number of rotatable bonds is 7. The molecule has 0 bridgehead atoms. The highest BCUT2D eigenvalue weighted by atomic mass is 79.9. The largest absolute Gasteiger partial charge is 0.379 e. The summed E-state index contributed by atoms with van der Waals surface area (Å²) in [7, 11) is 1.78. The van der Waals surface area contributed by atoms with Crippen molar-refractivity contribution < 1.29 is 4.74 Å². The van der Waals surface area contributed by atoms with Crippen LogP contribution in [0.25, 0.3) is 0 Å².